The molecule has 2 heterocycles. The maximum absolute atomic E-state index is 12.6. The van der Waals surface area contributed by atoms with Crippen LogP contribution in [0.4, 0.5) is 0 Å². The second kappa shape index (κ2) is 5.38. The summed E-state index contributed by atoms with van der Waals surface area (Å²) in [6.45, 7) is 0.102. The van der Waals surface area contributed by atoms with Crippen molar-refractivity contribution in [2.75, 3.05) is 0 Å². The summed E-state index contributed by atoms with van der Waals surface area (Å²) in [7, 11) is 0. The molecule has 0 atom stereocenters. The number of aromatic nitrogens is 2. The number of hydrogen-bond acceptors (Lipinski definition) is 4. The number of rotatable bonds is 3. The predicted molar refractivity (Wildman–Crippen MR) is 82.4 cm³/mol. The number of nitrogens with one attached hydrogen (secondary N) is 1. The fourth-order valence-electron chi connectivity index (χ4n) is 2.25. The summed E-state index contributed by atoms with van der Waals surface area (Å²) in [6.07, 6.45) is 0.124. The van der Waals surface area contributed by atoms with Gasteiger partial charge in [0.05, 0.1) is 17.9 Å². The quantitative estimate of drug-likeness (QED) is 0.806. The minimum atomic E-state index is -0.468. The molecule has 0 aliphatic rings. The first-order valence-electron chi connectivity index (χ1n) is 6.39. The summed E-state index contributed by atoms with van der Waals surface area (Å²) in [6, 6.07) is 11.5. The van der Waals surface area contributed by atoms with Crippen molar-refractivity contribution < 1.29 is 0 Å². The van der Waals surface area contributed by atoms with Gasteiger partial charge in [-0.05, 0) is 5.56 Å². The van der Waals surface area contributed by atoms with E-state index in [2.05, 4.69) is 4.98 Å². The third-order valence-electron chi connectivity index (χ3n) is 3.25. The summed E-state index contributed by atoms with van der Waals surface area (Å²) in [4.78, 5) is 27.7. The molecular weight excluding hydrogens is 286 g/mol. The Bertz CT molecular complexity index is 945. The lowest BCUT2D eigenvalue weighted by Gasteiger charge is -2.03. The SMILES string of the molecule is N#CCCn1c(=O)[nH]c2scc(-c3ccccc3)c2c1=O. The van der Waals surface area contributed by atoms with Crippen LogP contribution in [-0.4, -0.2) is 9.55 Å². The Morgan fingerprint density at radius 3 is 2.71 bits per heavy atom. The molecule has 0 aliphatic heterocycles. The molecule has 6 heteroatoms. The largest absolute Gasteiger partial charge is 0.329 e. The van der Waals surface area contributed by atoms with Crippen LogP contribution in [0.2, 0.25) is 0 Å². The first-order valence-corrected chi connectivity index (χ1v) is 7.27. The maximum Gasteiger partial charge on any atom is 0.329 e. The van der Waals surface area contributed by atoms with Crippen molar-refractivity contribution in [2.24, 2.45) is 0 Å². The van der Waals surface area contributed by atoms with Crippen LogP contribution in [0.3, 0.4) is 0 Å². The number of hydrogen-bond donors (Lipinski definition) is 1. The highest BCUT2D eigenvalue weighted by atomic mass is 32.1. The van der Waals surface area contributed by atoms with Gasteiger partial charge in [-0.15, -0.1) is 11.3 Å². The van der Waals surface area contributed by atoms with Crippen molar-refractivity contribution in [3.05, 3.63) is 56.5 Å². The van der Waals surface area contributed by atoms with Crippen LogP contribution in [0.25, 0.3) is 21.3 Å². The van der Waals surface area contributed by atoms with E-state index in [1.54, 1.807) is 0 Å². The average molecular weight is 297 g/mol. The molecule has 0 fully saturated rings. The molecule has 3 aromatic rings. The molecule has 0 amide bonds. The van der Waals surface area contributed by atoms with Gasteiger partial charge in [-0.2, -0.15) is 5.26 Å². The highest BCUT2D eigenvalue weighted by Gasteiger charge is 2.14. The summed E-state index contributed by atoms with van der Waals surface area (Å²) in [5.74, 6) is 0. The van der Waals surface area contributed by atoms with E-state index in [-0.39, 0.29) is 18.5 Å². The zero-order chi connectivity index (χ0) is 14.8. The summed E-state index contributed by atoms with van der Waals surface area (Å²) in [5.41, 5.74) is 0.926. The lowest BCUT2D eigenvalue weighted by atomic mass is 10.1. The zero-order valence-corrected chi connectivity index (χ0v) is 11.8. The Morgan fingerprint density at radius 2 is 2.00 bits per heavy atom. The van der Waals surface area contributed by atoms with Gasteiger partial charge in [0.2, 0.25) is 0 Å². The zero-order valence-electron chi connectivity index (χ0n) is 11.0. The lowest BCUT2D eigenvalue weighted by Crippen LogP contribution is -2.34. The number of nitriles is 1. The summed E-state index contributed by atoms with van der Waals surface area (Å²) < 4.78 is 1.09. The van der Waals surface area contributed by atoms with E-state index >= 15 is 0 Å². The molecule has 21 heavy (non-hydrogen) atoms. The number of thiophene rings is 1. The minimum absolute atomic E-state index is 0.102. The summed E-state index contributed by atoms with van der Waals surface area (Å²) >= 11 is 1.34. The molecule has 0 unspecified atom stereocenters. The van der Waals surface area contributed by atoms with Gasteiger partial charge in [0, 0.05) is 17.5 Å². The van der Waals surface area contributed by atoms with E-state index in [1.807, 2.05) is 41.8 Å². The van der Waals surface area contributed by atoms with Gasteiger partial charge in [0.25, 0.3) is 5.56 Å². The van der Waals surface area contributed by atoms with E-state index in [0.29, 0.717) is 10.2 Å². The topological polar surface area (TPSA) is 78.7 Å². The van der Waals surface area contributed by atoms with Gasteiger partial charge in [0.1, 0.15) is 4.83 Å². The lowest BCUT2D eigenvalue weighted by molar-refractivity contribution is 0.651. The Morgan fingerprint density at radius 1 is 1.24 bits per heavy atom. The number of fused-ring (bicyclic) bond motifs is 1. The van der Waals surface area contributed by atoms with Crippen molar-refractivity contribution in [3.8, 4) is 17.2 Å². The molecular formula is C15H11N3O2S. The normalized spacial score (nSPS) is 10.6. The van der Waals surface area contributed by atoms with E-state index in [0.717, 1.165) is 15.7 Å². The average Bonchev–Trinajstić information content (AvgIpc) is 2.92. The van der Waals surface area contributed by atoms with Crippen LogP contribution in [0, 0.1) is 11.3 Å². The van der Waals surface area contributed by atoms with Crippen LogP contribution in [0.15, 0.2) is 45.3 Å². The molecule has 0 aliphatic carbocycles. The third kappa shape index (κ3) is 2.28. The van der Waals surface area contributed by atoms with Gasteiger partial charge >= 0.3 is 5.69 Å². The number of H-pyrrole nitrogens is 1. The molecule has 1 N–H and O–H groups in total. The predicted octanol–water partition coefficient (Wildman–Crippen LogP) is 2.33. The van der Waals surface area contributed by atoms with Crippen molar-refractivity contribution in [1.29, 1.82) is 5.26 Å². The molecule has 0 saturated heterocycles. The van der Waals surface area contributed by atoms with Crippen LogP contribution >= 0.6 is 11.3 Å². The number of benzene rings is 1. The summed E-state index contributed by atoms with van der Waals surface area (Å²) in [5, 5.41) is 11.0. The Kier molecular flexibility index (Phi) is 3.42. The van der Waals surface area contributed by atoms with E-state index in [1.165, 1.54) is 11.3 Å². The molecule has 0 bridgehead atoms. The van der Waals surface area contributed by atoms with Crippen LogP contribution < -0.4 is 11.2 Å². The maximum atomic E-state index is 12.6. The molecule has 104 valence electrons. The van der Waals surface area contributed by atoms with E-state index in [4.69, 9.17) is 5.26 Å². The first kappa shape index (κ1) is 13.3. The fourth-order valence-corrected chi connectivity index (χ4v) is 3.20. The second-order valence-electron chi connectivity index (χ2n) is 4.51. The van der Waals surface area contributed by atoms with Crippen molar-refractivity contribution in [2.45, 2.75) is 13.0 Å². The Hall–Kier alpha value is -2.65. The highest BCUT2D eigenvalue weighted by Crippen LogP contribution is 2.29. The fraction of sp³-hybridized carbons (Fsp3) is 0.133. The van der Waals surface area contributed by atoms with Gasteiger partial charge in [0.15, 0.2) is 0 Å². The van der Waals surface area contributed by atoms with Gasteiger partial charge in [-0.3, -0.25) is 14.3 Å². The van der Waals surface area contributed by atoms with E-state index < -0.39 is 5.69 Å². The number of aromatic amines is 1. The Labute approximate surface area is 123 Å². The van der Waals surface area contributed by atoms with Gasteiger partial charge < -0.3 is 0 Å². The van der Waals surface area contributed by atoms with Gasteiger partial charge in [-0.25, -0.2) is 4.79 Å². The second-order valence-corrected chi connectivity index (χ2v) is 5.39. The van der Waals surface area contributed by atoms with Crippen LogP contribution in [0.1, 0.15) is 6.42 Å². The molecule has 0 spiro atoms. The van der Waals surface area contributed by atoms with Crippen molar-refractivity contribution in [3.63, 3.8) is 0 Å². The standard InChI is InChI=1S/C15H11N3O2S/c16-7-4-8-18-14(19)12-11(10-5-2-1-3-6-10)9-21-13(12)17-15(18)20/h1-3,5-6,9H,4,8H2,(H,17,20). The highest BCUT2D eigenvalue weighted by molar-refractivity contribution is 7.17. The van der Waals surface area contributed by atoms with E-state index in [9.17, 15) is 9.59 Å². The number of nitrogens with zero attached hydrogens (tertiary/aromatic N) is 2. The van der Waals surface area contributed by atoms with Crippen LogP contribution in [0.5, 0.6) is 0 Å². The molecule has 1 aromatic carbocycles. The third-order valence-corrected chi connectivity index (χ3v) is 4.14. The van der Waals surface area contributed by atoms with Crippen LogP contribution in [-0.2, 0) is 6.54 Å². The first-order chi connectivity index (χ1) is 10.2. The Balaban J connectivity index is 2.29. The molecule has 0 saturated carbocycles. The van der Waals surface area contributed by atoms with Gasteiger partial charge in [-0.1, -0.05) is 30.3 Å². The molecule has 0 radical (unpaired) electrons. The monoisotopic (exact) mass is 297 g/mol. The smallest absolute Gasteiger partial charge is 0.298 e. The molecule has 5 nitrogen and oxygen atoms in total. The molecule has 3 rings (SSSR count). The van der Waals surface area contributed by atoms with Crippen molar-refractivity contribution in [1.82, 2.24) is 9.55 Å². The minimum Gasteiger partial charge on any atom is -0.298 e. The molecule has 2 aromatic heterocycles. The van der Waals surface area contributed by atoms with Crippen molar-refractivity contribution >= 4 is 21.6 Å².